The van der Waals surface area contributed by atoms with E-state index in [0.717, 1.165) is 0 Å². The van der Waals surface area contributed by atoms with Gasteiger partial charge in [-0.3, -0.25) is 9.59 Å². The lowest BCUT2D eigenvalue weighted by Crippen LogP contribution is -2.19. The fraction of sp³-hybridized carbons (Fsp3) is 0.143. The summed E-state index contributed by atoms with van der Waals surface area (Å²) >= 11 is 11.8. The number of nitrogens with zero attached hydrogens (tertiary/aromatic N) is 1. The highest BCUT2D eigenvalue weighted by molar-refractivity contribution is 6.39. The van der Waals surface area contributed by atoms with Gasteiger partial charge in [0.05, 0.1) is 21.4 Å². The number of nitrogens with two attached hydrogens (primary N) is 1. The van der Waals surface area contributed by atoms with Crippen LogP contribution in [-0.2, 0) is 6.54 Å². The van der Waals surface area contributed by atoms with E-state index in [4.69, 9.17) is 28.9 Å². The minimum atomic E-state index is -0.389. The summed E-state index contributed by atoms with van der Waals surface area (Å²) in [5, 5.41) is 3.11. The van der Waals surface area contributed by atoms with Crippen molar-refractivity contribution in [3.63, 3.8) is 0 Å². The number of hydrogen-bond acceptors (Lipinski definition) is 3. The molecule has 1 aromatic carbocycles. The molecule has 7 heteroatoms. The zero-order chi connectivity index (χ0) is 15.6. The number of hydrogen-bond donors (Lipinski definition) is 2. The third-order valence-corrected chi connectivity index (χ3v) is 3.55. The highest BCUT2D eigenvalue weighted by Gasteiger charge is 2.12. The van der Waals surface area contributed by atoms with Crippen molar-refractivity contribution in [1.29, 1.82) is 0 Å². The van der Waals surface area contributed by atoms with Crippen molar-refractivity contribution in [1.82, 2.24) is 4.57 Å². The number of benzene rings is 1. The van der Waals surface area contributed by atoms with E-state index in [1.54, 1.807) is 6.20 Å². The molecule has 1 amide bonds. The third kappa shape index (κ3) is 3.37. The van der Waals surface area contributed by atoms with Crippen molar-refractivity contribution in [2.45, 2.75) is 13.5 Å². The summed E-state index contributed by atoms with van der Waals surface area (Å²) in [4.78, 5) is 23.6. The van der Waals surface area contributed by atoms with Gasteiger partial charge in [0.25, 0.3) is 11.5 Å². The molecule has 0 aliphatic rings. The van der Waals surface area contributed by atoms with E-state index in [1.165, 1.54) is 28.8 Å². The summed E-state index contributed by atoms with van der Waals surface area (Å²) in [5.74, 6) is -0.389. The zero-order valence-electron chi connectivity index (χ0n) is 11.2. The normalized spacial score (nSPS) is 10.4. The minimum Gasteiger partial charge on any atom is -0.396 e. The molecule has 2 rings (SSSR count). The van der Waals surface area contributed by atoms with Crippen LogP contribution in [0.25, 0.3) is 0 Å². The first-order valence-electron chi connectivity index (χ1n) is 6.18. The number of aromatic nitrogens is 1. The maximum Gasteiger partial charge on any atom is 0.255 e. The maximum absolute atomic E-state index is 12.2. The quantitative estimate of drug-likeness (QED) is 0.851. The van der Waals surface area contributed by atoms with Crippen molar-refractivity contribution in [3.05, 3.63) is 56.4 Å². The predicted molar refractivity (Wildman–Crippen MR) is 85.2 cm³/mol. The number of carbonyl (C=O) groups excluding carboxylic acids is 1. The van der Waals surface area contributed by atoms with Crippen LogP contribution in [-0.4, -0.2) is 10.5 Å². The van der Waals surface area contributed by atoms with Gasteiger partial charge >= 0.3 is 0 Å². The number of nitrogens with one attached hydrogen (secondary N) is 1. The Labute approximate surface area is 131 Å². The van der Waals surface area contributed by atoms with Crippen molar-refractivity contribution >= 4 is 40.5 Å². The number of halogens is 2. The molecule has 3 N–H and O–H groups in total. The zero-order valence-corrected chi connectivity index (χ0v) is 12.7. The molecule has 0 spiro atoms. The van der Waals surface area contributed by atoms with Crippen molar-refractivity contribution < 1.29 is 4.79 Å². The number of anilines is 2. The second kappa shape index (κ2) is 6.20. The first-order chi connectivity index (χ1) is 9.92. The van der Waals surface area contributed by atoms with Crippen LogP contribution in [0.15, 0.2) is 35.3 Å². The number of pyridine rings is 1. The Bertz CT molecular complexity index is 733. The average Bonchev–Trinajstić information content (AvgIpc) is 2.46. The van der Waals surface area contributed by atoms with Crippen LogP contribution < -0.4 is 16.6 Å². The van der Waals surface area contributed by atoms with E-state index >= 15 is 0 Å². The van der Waals surface area contributed by atoms with Gasteiger partial charge in [-0.15, -0.1) is 0 Å². The molecule has 0 saturated carbocycles. The minimum absolute atomic E-state index is 0.130. The molecule has 0 bridgehead atoms. The van der Waals surface area contributed by atoms with Crippen LogP contribution in [0.3, 0.4) is 0 Å². The number of amides is 1. The Morgan fingerprint density at radius 1 is 1.29 bits per heavy atom. The Hall–Kier alpha value is -1.98. The smallest absolute Gasteiger partial charge is 0.255 e. The summed E-state index contributed by atoms with van der Waals surface area (Å²) in [6, 6.07) is 5.80. The molecule has 0 atom stereocenters. The molecule has 0 fully saturated rings. The first kappa shape index (κ1) is 15.4. The van der Waals surface area contributed by atoms with Gasteiger partial charge in [-0.05, 0) is 25.1 Å². The summed E-state index contributed by atoms with van der Waals surface area (Å²) in [6.45, 7) is 2.36. The van der Waals surface area contributed by atoms with Crippen molar-refractivity contribution in [2.24, 2.45) is 0 Å². The summed E-state index contributed by atoms with van der Waals surface area (Å²) in [5.41, 5.74) is 6.52. The molecule has 0 radical (unpaired) electrons. The highest BCUT2D eigenvalue weighted by Crippen LogP contribution is 2.29. The molecule has 1 heterocycles. The number of nitrogen functional groups attached to an aromatic ring is 1. The van der Waals surface area contributed by atoms with E-state index in [-0.39, 0.29) is 32.8 Å². The number of rotatable bonds is 3. The van der Waals surface area contributed by atoms with Gasteiger partial charge in [0.15, 0.2) is 0 Å². The summed E-state index contributed by atoms with van der Waals surface area (Å²) in [7, 11) is 0. The molecule has 1 aromatic heterocycles. The van der Waals surface area contributed by atoms with Gasteiger partial charge in [0.2, 0.25) is 0 Å². The number of aryl methyl sites for hydroxylation is 1. The predicted octanol–water partition coefficient (Wildman–Crippen LogP) is 3.01. The lowest BCUT2D eigenvalue weighted by Gasteiger charge is -2.09. The molecular weight excluding hydrogens is 313 g/mol. The average molecular weight is 326 g/mol. The van der Waals surface area contributed by atoms with Crippen LogP contribution in [0.1, 0.15) is 17.3 Å². The second-order valence-corrected chi connectivity index (χ2v) is 5.16. The lowest BCUT2D eigenvalue weighted by molar-refractivity contribution is 0.102. The molecule has 5 nitrogen and oxygen atoms in total. The molecular formula is C14H13Cl2N3O2. The van der Waals surface area contributed by atoms with Gasteiger partial charge in [0.1, 0.15) is 0 Å². The summed E-state index contributed by atoms with van der Waals surface area (Å²) < 4.78 is 1.48. The van der Waals surface area contributed by atoms with Crippen LogP contribution in [0.5, 0.6) is 0 Å². The van der Waals surface area contributed by atoms with Crippen LogP contribution in [0.4, 0.5) is 11.4 Å². The molecule has 0 unspecified atom stereocenters. The van der Waals surface area contributed by atoms with E-state index < -0.39 is 0 Å². The standard InChI is InChI=1S/C14H13Cl2N3O2/c1-2-19-7-9(3-4-12(19)20)18-14(21)8-5-10(15)13(17)11(16)6-8/h3-7H,2,17H2,1H3,(H,18,21). The maximum atomic E-state index is 12.2. The van der Waals surface area contributed by atoms with Crippen LogP contribution in [0, 0.1) is 0 Å². The van der Waals surface area contributed by atoms with Gasteiger partial charge in [-0.2, -0.15) is 0 Å². The van der Waals surface area contributed by atoms with Gasteiger partial charge < -0.3 is 15.6 Å². The largest absolute Gasteiger partial charge is 0.396 e. The molecule has 2 aromatic rings. The fourth-order valence-corrected chi connectivity index (χ4v) is 2.26. The van der Waals surface area contributed by atoms with Crippen molar-refractivity contribution in [3.8, 4) is 0 Å². The van der Waals surface area contributed by atoms with Gasteiger partial charge in [0, 0.05) is 24.4 Å². The van der Waals surface area contributed by atoms with Crippen LogP contribution in [0.2, 0.25) is 10.0 Å². The van der Waals surface area contributed by atoms with Gasteiger partial charge in [-0.1, -0.05) is 23.2 Å². The Morgan fingerprint density at radius 2 is 1.90 bits per heavy atom. The first-order valence-corrected chi connectivity index (χ1v) is 6.94. The highest BCUT2D eigenvalue weighted by atomic mass is 35.5. The second-order valence-electron chi connectivity index (χ2n) is 4.35. The van der Waals surface area contributed by atoms with E-state index in [9.17, 15) is 9.59 Å². The van der Waals surface area contributed by atoms with E-state index in [1.807, 2.05) is 6.92 Å². The molecule has 0 saturated heterocycles. The molecule has 21 heavy (non-hydrogen) atoms. The van der Waals surface area contributed by atoms with E-state index in [0.29, 0.717) is 12.2 Å². The monoisotopic (exact) mass is 325 g/mol. The Kier molecular flexibility index (Phi) is 4.55. The topological polar surface area (TPSA) is 77.1 Å². The molecule has 0 aliphatic heterocycles. The number of carbonyl (C=O) groups is 1. The SMILES string of the molecule is CCn1cc(NC(=O)c2cc(Cl)c(N)c(Cl)c2)ccc1=O. The lowest BCUT2D eigenvalue weighted by atomic mass is 10.2. The van der Waals surface area contributed by atoms with E-state index in [2.05, 4.69) is 5.32 Å². The van der Waals surface area contributed by atoms with Crippen molar-refractivity contribution in [2.75, 3.05) is 11.1 Å². The Morgan fingerprint density at radius 3 is 2.48 bits per heavy atom. The fourth-order valence-electron chi connectivity index (χ4n) is 1.77. The molecule has 110 valence electrons. The third-order valence-electron chi connectivity index (χ3n) is 2.92. The van der Waals surface area contributed by atoms with Gasteiger partial charge in [-0.25, -0.2) is 0 Å². The molecule has 0 aliphatic carbocycles. The summed E-state index contributed by atoms with van der Waals surface area (Å²) in [6.07, 6.45) is 1.57. The van der Waals surface area contributed by atoms with Crippen LogP contribution >= 0.6 is 23.2 Å². The Balaban J connectivity index is 2.28.